The number of nitrogens with one attached hydrogen (secondary N) is 1. The van der Waals surface area contributed by atoms with Crippen molar-refractivity contribution >= 4 is 17.3 Å². The first kappa shape index (κ1) is 19.4. The number of unbranched alkanes of at least 4 members (excludes halogenated alkanes) is 4. The number of nitro benzene ring substituents is 1. The highest BCUT2D eigenvalue weighted by Crippen LogP contribution is 2.18. The molecule has 0 aliphatic rings. The van der Waals surface area contributed by atoms with E-state index in [9.17, 15) is 14.9 Å². The van der Waals surface area contributed by atoms with Crippen molar-refractivity contribution in [2.24, 2.45) is 0 Å². The van der Waals surface area contributed by atoms with Crippen molar-refractivity contribution in [2.75, 3.05) is 11.9 Å². The van der Waals surface area contributed by atoms with Crippen molar-refractivity contribution < 1.29 is 14.5 Å². The monoisotopic (exact) mass is 356 g/mol. The van der Waals surface area contributed by atoms with Crippen molar-refractivity contribution in [1.82, 2.24) is 0 Å². The number of carbonyl (C=O) groups excluding carboxylic acids is 1. The molecular formula is C20H24N2O4. The normalized spacial score (nSPS) is 10.3. The van der Waals surface area contributed by atoms with Gasteiger partial charge in [0.15, 0.2) is 0 Å². The van der Waals surface area contributed by atoms with Crippen molar-refractivity contribution in [3.05, 3.63) is 64.2 Å². The van der Waals surface area contributed by atoms with Gasteiger partial charge in [-0.05, 0) is 36.8 Å². The number of ether oxygens (including phenoxy) is 1. The molecule has 2 rings (SSSR count). The Morgan fingerprint density at radius 1 is 1.08 bits per heavy atom. The van der Waals surface area contributed by atoms with Gasteiger partial charge >= 0.3 is 0 Å². The molecular weight excluding hydrogens is 332 g/mol. The SMILES string of the molecule is CCCCCCCOc1ccc(NC(=O)c2cccc([N+](=O)[O-])c2)cc1. The van der Waals surface area contributed by atoms with Crippen LogP contribution >= 0.6 is 0 Å². The van der Waals surface area contributed by atoms with Gasteiger partial charge in [-0.2, -0.15) is 0 Å². The lowest BCUT2D eigenvalue weighted by Crippen LogP contribution is -2.12. The Labute approximate surface area is 153 Å². The van der Waals surface area contributed by atoms with Gasteiger partial charge in [-0.25, -0.2) is 0 Å². The Morgan fingerprint density at radius 3 is 2.50 bits per heavy atom. The molecule has 2 aromatic carbocycles. The zero-order valence-electron chi connectivity index (χ0n) is 14.9. The van der Waals surface area contributed by atoms with E-state index in [0.717, 1.165) is 12.2 Å². The molecule has 6 heteroatoms. The van der Waals surface area contributed by atoms with E-state index < -0.39 is 10.8 Å². The highest BCUT2D eigenvalue weighted by Gasteiger charge is 2.11. The van der Waals surface area contributed by atoms with Crippen LogP contribution in [0.3, 0.4) is 0 Å². The molecule has 1 amide bonds. The molecule has 0 unspecified atom stereocenters. The first-order chi connectivity index (χ1) is 12.6. The predicted molar refractivity (Wildman–Crippen MR) is 102 cm³/mol. The van der Waals surface area contributed by atoms with E-state index in [1.165, 1.54) is 43.9 Å². The Kier molecular flexibility index (Phi) is 7.61. The molecule has 1 N–H and O–H groups in total. The van der Waals surface area contributed by atoms with Crippen LogP contribution in [-0.4, -0.2) is 17.4 Å². The maximum absolute atomic E-state index is 12.2. The third-order valence-electron chi connectivity index (χ3n) is 3.95. The van der Waals surface area contributed by atoms with Gasteiger partial charge in [-0.3, -0.25) is 14.9 Å². The summed E-state index contributed by atoms with van der Waals surface area (Å²) in [4.78, 5) is 22.5. The smallest absolute Gasteiger partial charge is 0.270 e. The molecule has 0 aliphatic heterocycles. The van der Waals surface area contributed by atoms with E-state index in [0.29, 0.717) is 12.3 Å². The van der Waals surface area contributed by atoms with Crippen LogP contribution in [0.5, 0.6) is 5.75 Å². The second-order valence-electron chi connectivity index (χ2n) is 6.05. The van der Waals surface area contributed by atoms with Crippen LogP contribution in [0.25, 0.3) is 0 Å². The third kappa shape index (κ3) is 6.20. The van der Waals surface area contributed by atoms with E-state index in [-0.39, 0.29) is 11.3 Å². The van der Waals surface area contributed by atoms with Gasteiger partial charge in [0.05, 0.1) is 11.5 Å². The largest absolute Gasteiger partial charge is 0.494 e. The maximum Gasteiger partial charge on any atom is 0.270 e. The third-order valence-corrected chi connectivity index (χ3v) is 3.95. The van der Waals surface area contributed by atoms with Crippen LogP contribution in [-0.2, 0) is 0 Å². The van der Waals surface area contributed by atoms with Crippen molar-refractivity contribution in [3.8, 4) is 5.75 Å². The van der Waals surface area contributed by atoms with Crippen LogP contribution < -0.4 is 10.1 Å². The predicted octanol–water partition coefficient (Wildman–Crippen LogP) is 5.20. The van der Waals surface area contributed by atoms with Crippen LogP contribution in [0.1, 0.15) is 49.4 Å². The minimum absolute atomic E-state index is 0.111. The molecule has 138 valence electrons. The molecule has 0 radical (unpaired) electrons. The minimum atomic E-state index is -0.523. The Bertz CT molecular complexity index is 729. The molecule has 2 aromatic rings. The number of benzene rings is 2. The number of rotatable bonds is 10. The lowest BCUT2D eigenvalue weighted by molar-refractivity contribution is -0.384. The second-order valence-corrected chi connectivity index (χ2v) is 6.05. The summed E-state index contributed by atoms with van der Waals surface area (Å²) in [5.74, 6) is 0.368. The maximum atomic E-state index is 12.2. The molecule has 6 nitrogen and oxygen atoms in total. The first-order valence-electron chi connectivity index (χ1n) is 8.89. The molecule has 0 fully saturated rings. The fourth-order valence-corrected chi connectivity index (χ4v) is 2.49. The first-order valence-corrected chi connectivity index (χ1v) is 8.89. The number of anilines is 1. The summed E-state index contributed by atoms with van der Waals surface area (Å²) in [5.41, 5.74) is 0.740. The summed E-state index contributed by atoms with van der Waals surface area (Å²) in [5, 5.41) is 13.5. The Morgan fingerprint density at radius 2 is 1.81 bits per heavy atom. The summed E-state index contributed by atoms with van der Waals surface area (Å²) in [6.07, 6.45) is 5.93. The Hall–Kier alpha value is -2.89. The number of hydrogen-bond donors (Lipinski definition) is 1. The fraction of sp³-hybridized carbons (Fsp3) is 0.350. The fourth-order valence-electron chi connectivity index (χ4n) is 2.49. The lowest BCUT2D eigenvalue weighted by Gasteiger charge is -2.08. The van der Waals surface area contributed by atoms with Crippen LogP contribution in [0.15, 0.2) is 48.5 Å². The highest BCUT2D eigenvalue weighted by molar-refractivity contribution is 6.04. The van der Waals surface area contributed by atoms with Crippen LogP contribution in [0, 0.1) is 10.1 Å². The standard InChI is InChI=1S/C20H24N2O4/c1-2-3-4-5-6-14-26-19-12-10-17(11-13-19)21-20(23)16-8-7-9-18(15-16)22(24)25/h7-13,15H,2-6,14H2,1H3,(H,21,23). The number of non-ortho nitro benzene ring substituents is 1. The quantitative estimate of drug-likeness (QED) is 0.360. The molecule has 26 heavy (non-hydrogen) atoms. The van der Waals surface area contributed by atoms with Gasteiger partial charge in [0.25, 0.3) is 11.6 Å². The summed E-state index contributed by atoms with van der Waals surface area (Å²) in [7, 11) is 0. The molecule has 0 bridgehead atoms. The zero-order chi connectivity index (χ0) is 18.8. The van der Waals surface area contributed by atoms with Gasteiger partial charge in [0.2, 0.25) is 0 Å². The van der Waals surface area contributed by atoms with Crippen LogP contribution in [0.4, 0.5) is 11.4 Å². The minimum Gasteiger partial charge on any atom is -0.494 e. The lowest BCUT2D eigenvalue weighted by atomic mass is 10.2. The van der Waals surface area contributed by atoms with E-state index >= 15 is 0 Å². The van der Waals surface area contributed by atoms with Crippen molar-refractivity contribution in [1.29, 1.82) is 0 Å². The van der Waals surface area contributed by atoms with E-state index in [1.807, 2.05) is 0 Å². The van der Waals surface area contributed by atoms with Gasteiger partial charge in [-0.15, -0.1) is 0 Å². The number of amides is 1. The summed E-state index contributed by atoms with van der Waals surface area (Å²) in [6, 6.07) is 12.7. The van der Waals surface area contributed by atoms with Crippen LogP contribution in [0.2, 0.25) is 0 Å². The highest BCUT2D eigenvalue weighted by atomic mass is 16.6. The molecule has 0 aromatic heterocycles. The van der Waals surface area contributed by atoms with E-state index in [2.05, 4.69) is 12.2 Å². The number of nitro groups is 1. The van der Waals surface area contributed by atoms with E-state index in [4.69, 9.17) is 4.74 Å². The van der Waals surface area contributed by atoms with Crippen molar-refractivity contribution in [2.45, 2.75) is 39.0 Å². The molecule has 0 aliphatic carbocycles. The van der Waals surface area contributed by atoms with Gasteiger partial charge < -0.3 is 10.1 Å². The van der Waals surface area contributed by atoms with Gasteiger partial charge in [0, 0.05) is 23.4 Å². The average Bonchev–Trinajstić information content (AvgIpc) is 2.66. The average molecular weight is 356 g/mol. The topological polar surface area (TPSA) is 81.5 Å². The van der Waals surface area contributed by atoms with Gasteiger partial charge in [0.1, 0.15) is 5.75 Å². The summed E-state index contributed by atoms with van der Waals surface area (Å²) >= 11 is 0. The number of nitrogens with zero attached hydrogens (tertiary/aromatic N) is 1. The van der Waals surface area contributed by atoms with E-state index in [1.54, 1.807) is 30.3 Å². The Balaban J connectivity index is 1.84. The molecule has 0 saturated carbocycles. The molecule has 0 atom stereocenters. The molecule has 0 saturated heterocycles. The summed E-state index contributed by atoms with van der Waals surface area (Å²) < 4.78 is 5.69. The molecule has 0 heterocycles. The number of carbonyl (C=O) groups is 1. The molecule has 0 spiro atoms. The second kappa shape index (κ2) is 10.2. The number of hydrogen-bond acceptors (Lipinski definition) is 4. The zero-order valence-corrected chi connectivity index (χ0v) is 14.9. The van der Waals surface area contributed by atoms with Crippen molar-refractivity contribution in [3.63, 3.8) is 0 Å². The van der Waals surface area contributed by atoms with Gasteiger partial charge in [-0.1, -0.05) is 38.7 Å². The summed E-state index contributed by atoms with van der Waals surface area (Å²) in [6.45, 7) is 2.87.